The first-order valence-electron chi connectivity index (χ1n) is 6.69. The molecule has 1 unspecified atom stereocenters. The molecule has 0 bridgehead atoms. The summed E-state index contributed by atoms with van der Waals surface area (Å²) in [7, 11) is 0. The average Bonchev–Trinajstić information content (AvgIpc) is 2.97. The van der Waals surface area contributed by atoms with Crippen molar-refractivity contribution < 1.29 is 4.79 Å². The number of aromatic nitrogens is 2. The second kappa shape index (κ2) is 7.30. The summed E-state index contributed by atoms with van der Waals surface area (Å²) >= 11 is 7.05. The Bertz CT molecular complexity index is 729. The minimum absolute atomic E-state index is 0.273. The molecule has 2 aromatic rings. The van der Waals surface area contributed by atoms with E-state index in [1.54, 1.807) is 24.4 Å². The molecule has 112 valence electrons. The van der Waals surface area contributed by atoms with Crippen LogP contribution in [0.4, 0.5) is 0 Å². The van der Waals surface area contributed by atoms with Gasteiger partial charge in [-0.3, -0.25) is 4.79 Å². The molecule has 0 aliphatic heterocycles. The van der Waals surface area contributed by atoms with Crippen LogP contribution in [-0.2, 0) is 4.79 Å². The van der Waals surface area contributed by atoms with Crippen molar-refractivity contribution in [3.8, 4) is 6.07 Å². The number of nitrogens with zero attached hydrogens (tertiary/aromatic N) is 3. The third kappa shape index (κ3) is 4.00. The van der Waals surface area contributed by atoms with Crippen LogP contribution in [0.15, 0.2) is 29.8 Å². The Hall–Kier alpha value is -2.03. The summed E-state index contributed by atoms with van der Waals surface area (Å²) in [6, 6.07) is 5.42. The largest absolute Gasteiger partial charge is 0.293 e. The fourth-order valence-corrected chi connectivity index (χ4v) is 2.84. The molecule has 22 heavy (non-hydrogen) atoms. The zero-order valence-corrected chi connectivity index (χ0v) is 13.7. The Morgan fingerprint density at radius 3 is 2.77 bits per heavy atom. The minimum atomic E-state index is -0.867. The van der Waals surface area contributed by atoms with Crippen molar-refractivity contribution >= 4 is 34.8 Å². The van der Waals surface area contributed by atoms with E-state index in [9.17, 15) is 10.1 Å². The van der Waals surface area contributed by atoms with Crippen LogP contribution in [-0.4, -0.2) is 15.8 Å². The molecule has 0 saturated carbocycles. The SMILES string of the molecule is CC(C)c1csc(C(C#N)C(=O)C=Cc2ccc(Cl)nc2)n1. The fraction of sp³-hybridized carbons (Fsp3) is 0.250. The maximum absolute atomic E-state index is 12.2. The maximum Gasteiger partial charge on any atom is 0.179 e. The van der Waals surface area contributed by atoms with Gasteiger partial charge in [0.15, 0.2) is 11.7 Å². The maximum atomic E-state index is 12.2. The molecule has 2 rings (SSSR count). The molecule has 0 aliphatic rings. The van der Waals surface area contributed by atoms with Gasteiger partial charge in [0.1, 0.15) is 10.2 Å². The third-order valence-corrected chi connectivity index (χ3v) is 4.13. The highest BCUT2D eigenvalue weighted by molar-refractivity contribution is 7.10. The van der Waals surface area contributed by atoms with E-state index in [4.69, 9.17) is 11.6 Å². The molecule has 0 fully saturated rings. The van der Waals surface area contributed by atoms with Gasteiger partial charge in [-0.1, -0.05) is 31.5 Å². The Morgan fingerprint density at radius 1 is 1.45 bits per heavy atom. The molecule has 0 spiro atoms. The first-order valence-corrected chi connectivity index (χ1v) is 7.95. The van der Waals surface area contributed by atoms with Gasteiger partial charge in [0.25, 0.3) is 0 Å². The fourth-order valence-electron chi connectivity index (χ4n) is 1.70. The van der Waals surface area contributed by atoms with E-state index in [-0.39, 0.29) is 11.7 Å². The van der Waals surface area contributed by atoms with Crippen molar-refractivity contribution in [2.24, 2.45) is 0 Å². The predicted octanol–water partition coefficient (Wildman–Crippen LogP) is 4.20. The van der Waals surface area contributed by atoms with Gasteiger partial charge in [0.05, 0.1) is 11.8 Å². The first kappa shape index (κ1) is 16.3. The lowest BCUT2D eigenvalue weighted by Crippen LogP contribution is -2.07. The molecule has 0 aliphatic carbocycles. The lowest BCUT2D eigenvalue weighted by Gasteiger charge is -2.01. The highest BCUT2D eigenvalue weighted by Crippen LogP contribution is 2.25. The van der Waals surface area contributed by atoms with E-state index in [0.717, 1.165) is 11.3 Å². The number of rotatable bonds is 5. The number of ketones is 1. The van der Waals surface area contributed by atoms with Crippen molar-refractivity contribution in [2.45, 2.75) is 25.7 Å². The predicted molar refractivity (Wildman–Crippen MR) is 87.8 cm³/mol. The molecule has 0 radical (unpaired) electrons. The van der Waals surface area contributed by atoms with Gasteiger partial charge in [-0.2, -0.15) is 5.26 Å². The van der Waals surface area contributed by atoms with Gasteiger partial charge in [-0.05, 0) is 29.7 Å². The normalized spacial score (nSPS) is 12.5. The van der Waals surface area contributed by atoms with E-state index in [1.165, 1.54) is 17.4 Å². The quantitative estimate of drug-likeness (QED) is 0.608. The first-order chi connectivity index (χ1) is 10.5. The smallest absolute Gasteiger partial charge is 0.179 e. The van der Waals surface area contributed by atoms with Gasteiger partial charge < -0.3 is 0 Å². The van der Waals surface area contributed by atoms with E-state index in [2.05, 4.69) is 9.97 Å². The Morgan fingerprint density at radius 2 is 2.23 bits per heavy atom. The van der Waals surface area contributed by atoms with Crippen LogP contribution in [0, 0.1) is 11.3 Å². The van der Waals surface area contributed by atoms with Gasteiger partial charge in [0.2, 0.25) is 0 Å². The molecular weight excluding hydrogens is 318 g/mol. The van der Waals surface area contributed by atoms with Gasteiger partial charge >= 0.3 is 0 Å². The monoisotopic (exact) mass is 331 g/mol. The highest BCUT2D eigenvalue weighted by atomic mass is 35.5. The molecule has 4 nitrogen and oxygen atoms in total. The second-order valence-corrected chi connectivity index (χ2v) is 6.25. The number of nitriles is 1. The summed E-state index contributed by atoms with van der Waals surface area (Å²) in [5.41, 5.74) is 1.65. The van der Waals surface area contributed by atoms with Gasteiger partial charge in [0, 0.05) is 11.6 Å². The van der Waals surface area contributed by atoms with Gasteiger partial charge in [-0.25, -0.2) is 9.97 Å². The number of carbonyl (C=O) groups is 1. The molecule has 0 aromatic carbocycles. The summed E-state index contributed by atoms with van der Waals surface area (Å²) in [6.45, 7) is 4.05. The van der Waals surface area contributed by atoms with Crippen LogP contribution in [0.1, 0.15) is 41.9 Å². The molecule has 2 aromatic heterocycles. The number of pyridine rings is 1. The zero-order valence-electron chi connectivity index (χ0n) is 12.2. The van der Waals surface area contributed by atoms with Crippen molar-refractivity contribution in [1.29, 1.82) is 5.26 Å². The number of carbonyl (C=O) groups excluding carboxylic acids is 1. The molecule has 6 heteroatoms. The molecular formula is C16H14ClN3OS. The highest BCUT2D eigenvalue weighted by Gasteiger charge is 2.22. The van der Waals surface area contributed by atoms with E-state index < -0.39 is 5.92 Å². The number of hydrogen-bond acceptors (Lipinski definition) is 5. The Labute approximate surface area is 138 Å². The minimum Gasteiger partial charge on any atom is -0.293 e. The Kier molecular flexibility index (Phi) is 5.42. The summed E-state index contributed by atoms with van der Waals surface area (Å²) in [4.78, 5) is 20.5. The van der Waals surface area contributed by atoms with E-state index in [0.29, 0.717) is 10.2 Å². The van der Waals surface area contributed by atoms with Crippen molar-refractivity contribution in [3.05, 3.63) is 51.2 Å². The standard InChI is InChI=1S/C16H14ClN3OS/c1-10(2)13-9-22-16(20-13)12(7-18)14(21)5-3-11-4-6-15(17)19-8-11/h3-6,8-10,12H,1-2H3. The summed E-state index contributed by atoms with van der Waals surface area (Å²) in [5.74, 6) is -0.883. The average molecular weight is 332 g/mol. The lowest BCUT2D eigenvalue weighted by atomic mass is 10.1. The lowest BCUT2D eigenvalue weighted by molar-refractivity contribution is -0.114. The van der Waals surface area contributed by atoms with Crippen LogP contribution in [0.5, 0.6) is 0 Å². The third-order valence-electron chi connectivity index (χ3n) is 2.98. The van der Waals surface area contributed by atoms with Crippen LogP contribution in [0.25, 0.3) is 6.08 Å². The number of allylic oxidation sites excluding steroid dienone is 1. The molecule has 0 amide bonds. The van der Waals surface area contributed by atoms with Crippen LogP contribution in [0.3, 0.4) is 0 Å². The van der Waals surface area contributed by atoms with Gasteiger partial charge in [-0.15, -0.1) is 11.3 Å². The van der Waals surface area contributed by atoms with Crippen molar-refractivity contribution in [2.75, 3.05) is 0 Å². The van der Waals surface area contributed by atoms with E-state index >= 15 is 0 Å². The van der Waals surface area contributed by atoms with Crippen LogP contribution >= 0.6 is 22.9 Å². The number of hydrogen-bond donors (Lipinski definition) is 0. The topological polar surface area (TPSA) is 66.6 Å². The summed E-state index contributed by atoms with van der Waals surface area (Å²) in [5, 5.41) is 12.1. The zero-order chi connectivity index (χ0) is 16.1. The molecule has 0 saturated heterocycles. The van der Waals surface area contributed by atoms with Crippen molar-refractivity contribution in [1.82, 2.24) is 9.97 Å². The molecule has 0 N–H and O–H groups in total. The number of halogens is 1. The molecule has 1 atom stereocenters. The Balaban J connectivity index is 2.15. The van der Waals surface area contributed by atoms with Crippen LogP contribution < -0.4 is 0 Å². The van der Waals surface area contributed by atoms with Crippen molar-refractivity contribution in [3.63, 3.8) is 0 Å². The molecule has 2 heterocycles. The van der Waals surface area contributed by atoms with E-state index in [1.807, 2.05) is 25.3 Å². The summed E-state index contributed by atoms with van der Waals surface area (Å²) < 4.78 is 0. The van der Waals surface area contributed by atoms with Crippen LogP contribution in [0.2, 0.25) is 5.15 Å². The second-order valence-electron chi connectivity index (χ2n) is 4.98. The summed E-state index contributed by atoms with van der Waals surface area (Å²) in [6.07, 6.45) is 4.57. The number of thiazole rings is 1.